The van der Waals surface area contributed by atoms with E-state index in [2.05, 4.69) is 10.3 Å². The van der Waals surface area contributed by atoms with E-state index in [1.54, 1.807) is 4.68 Å². The molecule has 0 saturated carbocycles. The van der Waals surface area contributed by atoms with Crippen molar-refractivity contribution in [3.63, 3.8) is 0 Å². The molecule has 3 rings (SSSR count). The highest BCUT2D eigenvalue weighted by molar-refractivity contribution is 5.00. The zero-order valence-corrected chi connectivity index (χ0v) is 10.6. The van der Waals surface area contributed by atoms with Crippen molar-refractivity contribution in [3.05, 3.63) is 11.9 Å². The second kappa shape index (κ2) is 4.58. The van der Waals surface area contributed by atoms with Crippen molar-refractivity contribution in [2.45, 2.75) is 30.9 Å². The summed E-state index contributed by atoms with van der Waals surface area (Å²) in [5.41, 5.74) is 0.919. The summed E-state index contributed by atoms with van der Waals surface area (Å²) >= 11 is 0. The lowest BCUT2D eigenvalue weighted by Gasteiger charge is -2.15. The van der Waals surface area contributed by atoms with E-state index >= 15 is 0 Å². The largest absolute Gasteiger partial charge is 0.388 e. The highest BCUT2D eigenvalue weighted by Crippen LogP contribution is 2.33. The Hall–Kier alpha value is -1.02. The quantitative estimate of drug-likeness (QED) is 0.749. The fraction of sp³-hybridized carbons (Fsp3) is 0.818. The summed E-state index contributed by atoms with van der Waals surface area (Å²) in [5.74, 6) is 0. The van der Waals surface area contributed by atoms with Crippen LogP contribution in [-0.4, -0.2) is 70.6 Å². The second-order valence-electron chi connectivity index (χ2n) is 5.16. The monoisotopic (exact) mass is 254 g/mol. The molecule has 4 atom stereocenters. The molecule has 4 unspecified atom stereocenters. The number of aromatic nitrogens is 3. The predicted octanol–water partition coefficient (Wildman–Crippen LogP) is -0.961. The molecule has 2 aliphatic rings. The van der Waals surface area contributed by atoms with Crippen LogP contribution in [0.3, 0.4) is 0 Å². The minimum atomic E-state index is -0.523. The van der Waals surface area contributed by atoms with Crippen LogP contribution in [0.2, 0.25) is 0 Å². The van der Waals surface area contributed by atoms with Crippen molar-refractivity contribution >= 4 is 0 Å². The van der Waals surface area contributed by atoms with Gasteiger partial charge in [0.05, 0.1) is 25.1 Å². The van der Waals surface area contributed by atoms with Gasteiger partial charge in [0.25, 0.3) is 0 Å². The molecular weight excluding hydrogens is 236 g/mol. The molecule has 100 valence electrons. The fourth-order valence-corrected chi connectivity index (χ4v) is 2.56. The van der Waals surface area contributed by atoms with Gasteiger partial charge in [-0.1, -0.05) is 5.21 Å². The van der Waals surface area contributed by atoms with Gasteiger partial charge in [-0.15, -0.1) is 5.10 Å². The van der Waals surface area contributed by atoms with Crippen molar-refractivity contribution in [1.29, 1.82) is 0 Å². The molecule has 0 bridgehead atoms. The van der Waals surface area contributed by atoms with Crippen molar-refractivity contribution < 1.29 is 14.6 Å². The highest BCUT2D eigenvalue weighted by Gasteiger charge is 2.48. The van der Waals surface area contributed by atoms with Crippen LogP contribution in [0, 0.1) is 0 Å². The second-order valence-corrected chi connectivity index (χ2v) is 5.16. The summed E-state index contributed by atoms with van der Waals surface area (Å²) in [5, 5.41) is 18.0. The number of hydrogen-bond acceptors (Lipinski definition) is 6. The molecule has 0 amide bonds. The minimum absolute atomic E-state index is 0.00978. The summed E-state index contributed by atoms with van der Waals surface area (Å²) in [6.45, 7) is 1.60. The molecule has 18 heavy (non-hydrogen) atoms. The van der Waals surface area contributed by atoms with Crippen LogP contribution in [0.5, 0.6) is 0 Å². The van der Waals surface area contributed by atoms with Gasteiger partial charge in [0.1, 0.15) is 24.4 Å². The van der Waals surface area contributed by atoms with E-state index in [0.29, 0.717) is 13.2 Å². The molecular formula is C11H18N4O3. The van der Waals surface area contributed by atoms with Gasteiger partial charge in [-0.05, 0) is 14.1 Å². The topological polar surface area (TPSA) is 72.6 Å². The summed E-state index contributed by atoms with van der Waals surface area (Å²) < 4.78 is 12.9. The van der Waals surface area contributed by atoms with Crippen molar-refractivity contribution in [1.82, 2.24) is 19.9 Å². The van der Waals surface area contributed by atoms with Crippen LogP contribution in [0.15, 0.2) is 6.20 Å². The number of nitrogens with zero attached hydrogens (tertiary/aromatic N) is 4. The van der Waals surface area contributed by atoms with Crippen LogP contribution in [0.25, 0.3) is 0 Å². The molecule has 2 fully saturated rings. The molecule has 2 aliphatic heterocycles. The molecule has 0 aliphatic carbocycles. The fourth-order valence-electron chi connectivity index (χ4n) is 2.56. The van der Waals surface area contributed by atoms with Gasteiger partial charge in [0, 0.05) is 6.54 Å². The minimum Gasteiger partial charge on any atom is -0.388 e. The average molecular weight is 254 g/mol. The molecule has 2 saturated heterocycles. The Labute approximate surface area is 105 Å². The maximum atomic E-state index is 9.69. The Morgan fingerprint density at radius 1 is 1.39 bits per heavy atom. The lowest BCUT2D eigenvalue weighted by Crippen LogP contribution is -2.30. The Bertz CT molecular complexity index is 422. The molecule has 0 aromatic carbocycles. The van der Waals surface area contributed by atoms with Gasteiger partial charge in [-0.2, -0.15) is 0 Å². The van der Waals surface area contributed by atoms with Crippen molar-refractivity contribution in [3.8, 4) is 0 Å². The highest BCUT2D eigenvalue weighted by atomic mass is 16.6. The van der Waals surface area contributed by atoms with Gasteiger partial charge in [-0.3, -0.25) is 0 Å². The SMILES string of the molecule is CN(C)Cc1cn(C2COC3C(O)COC32)nn1. The van der Waals surface area contributed by atoms with Crippen LogP contribution in [-0.2, 0) is 16.0 Å². The van der Waals surface area contributed by atoms with Crippen LogP contribution in [0.1, 0.15) is 11.7 Å². The van der Waals surface area contributed by atoms with E-state index in [0.717, 1.165) is 12.2 Å². The maximum Gasteiger partial charge on any atom is 0.114 e. The summed E-state index contributed by atoms with van der Waals surface area (Å²) in [6.07, 6.45) is 1.06. The Morgan fingerprint density at radius 2 is 2.17 bits per heavy atom. The van der Waals surface area contributed by atoms with Crippen LogP contribution in [0.4, 0.5) is 0 Å². The third-order valence-corrected chi connectivity index (χ3v) is 3.38. The predicted molar refractivity (Wildman–Crippen MR) is 61.9 cm³/mol. The molecule has 0 radical (unpaired) electrons. The summed E-state index contributed by atoms with van der Waals surface area (Å²) in [6, 6.07) is 0.00978. The summed E-state index contributed by atoms with van der Waals surface area (Å²) in [4.78, 5) is 2.04. The van der Waals surface area contributed by atoms with Gasteiger partial charge < -0.3 is 19.5 Å². The van der Waals surface area contributed by atoms with E-state index < -0.39 is 6.10 Å². The first-order chi connectivity index (χ1) is 8.65. The third-order valence-electron chi connectivity index (χ3n) is 3.38. The number of aliphatic hydroxyl groups is 1. The van der Waals surface area contributed by atoms with Crippen LogP contribution < -0.4 is 0 Å². The van der Waals surface area contributed by atoms with Gasteiger partial charge in [0.15, 0.2) is 0 Å². The first kappa shape index (κ1) is 12.0. The molecule has 1 aromatic heterocycles. The zero-order valence-electron chi connectivity index (χ0n) is 10.6. The molecule has 7 heteroatoms. The van der Waals surface area contributed by atoms with E-state index in [9.17, 15) is 5.11 Å². The van der Waals surface area contributed by atoms with E-state index in [4.69, 9.17) is 9.47 Å². The van der Waals surface area contributed by atoms with Crippen LogP contribution >= 0.6 is 0 Å². The van der Waals surface area contributed by atoms with Crippen molar-refractivity contribution in [2.24, 2.45) is 0 Å². The summed E-state index contributed by atoms with van der Waals surface area (Å²) in [7, 11) is 3.98. The standard InChI is InChI=1S/C11H18N4O3/c1-14(2)3-7-4-15(13-12-7)8-5-17-11-9(16)6-18-10(8)11/h4,8-11,16H,3,5-6H2,1-2H3. The Balaban J connectivity index is 1.73. The zero-order chi connectivity index (χ0) is 12.7. The molecule has 3 heterocycles. The van der Waals surface area contributed by atoms with Gasteiger partial charge in [-0.25, -0.2) is 4.68 Å². The average Bonchev–Trinajstić information content (AvgIpc) is 2.96. The number of fused-ring (bicyclic) bond motifs is 1. The molecule has 1 N–H and O–H groups in total. The van der Waals surface area contributed by atoms with Crippen molar-refractivity contribution in [2.75, 3.05) is 27.3 Å². The smallest absolute Gasteiger partial charge is 0.114 e. The number of aliphatic hydroxyl groups excluding tert-OH is 1. The van der Waals surface area contributed by atoms with E-state index in [1.165, 1.54) is 0 Å². The molecule has 0 spiro atoms. The van der Waals surface area contributed by atoms with Gasteiger partial charge >= 0.3 is 0 Å². The van der Waals surface area contributed by atoms with E-state index in [1.807, 2.05) is 25.2 Å². The lowest BCUT2D eigenvalue weighted by molar-refractivity contribution is 0.0169. The van der Waals surface area contributed by atoms with Gasteiger partial charge in [0.2, 0.25) is 0 Å². The number of ether oxygens (including phenoxy) is 2. The van der Waals surface area contributed by atoms with E-state index in [-0.39, 0.29) is 18.2 Å². The number of hydrogen-bond donors (Lipinski definition) is 1. The normalized spacial score (nSPS) is 35.3. The first-order valence-electron chi connectivity index (χ1n) is 6.12. The molecule has 1 aromatic rings. The molecule has 7 nitrogen and oxygen atoms in total. The Kier molecular flexibility index (Phi) is 3.06. The first-order valence-corrected chi connectivity index (χ1v) is 6.12. The lowest BCUT2D eigenvalue weighted by atomic mass is 10.1. The third kappa shape index (κ3) is 2.03. The number of rotatable bonds is 3. The maximum absolute atomic E-state index is 9.69. The Morgan fingerprint density at radius 3 is 2.94 bits per heavy atom.